The van der Waals surface area contributed by atoms with E-state index in [9.17, 15) is 5.11 Å². The molecule has 0 aromatic heterocycles. The van der Waals surface area contributed by atoms with Gasteiger partial charge in [-0.25, -0.2) is 0 Å². The molecular weight excluding hydrogens is 152 g/mol. The van der Waals surface area contributed by atoms with Crippen LogP contribution in [0.25, 0.3) is 0 Å². The van der Waals surface area contributed by atoms with Crippen LogP contribution in [0.2, 0.25) is 0 Å². The minimum Gasteiger partial charge on any atom is -0.508 e. The highest BCUT2D eigenvalue weighted by Gasteiger charge is 2.20. The van der Waals surface area contributed by atoms with Gasteiger partial charge >= 0.3 is 0 Å². The lowest BCUT2D eigenvalue weighted by Crippen LogP contribution is -2.19. The molecule has 0 aliphatic rings. The molecule has 0 aliphatic carbocycles. The van der Waals surface area contributed by atoms with Gasteiger partial charge in [0.1, 0.15) is 5.75 Å². The molecule has 1 atom stereocenters. The summed E-state index contributed by atoms with van der Waals surface area (Å²) in [4.78, 5) is 0. The average molecular weight is 166 g/mol. The predicted octanol–water partition coefficient (Wildman–Crippen LogP) is 2.01. The summed E-state index contributed by atoms with van der Waals surface area (Å²) in [5, 5.41) is 19.0. The van der Waals surface area contributed by atoms with Gasteiger partial charge in [-0.05, 0) is 31.0 Å². The van der Waals surface area contributed by atoms with Crippen LogP contribution in [0.3, 0.4) is 0 Å². The van der Waals surface area contributed by atoms with Gasteiger partial charge in [-0.3, -0.25) is 0 Å². The van der Waals surface area contributed by atoms with Crippen LogP contribution in [0.1, 0.15) is 25.8 Å². The van der Waals surface area contributed by atoms with Crippen LogP contribution in [-0.2, 0) is 5.60 Å². The van der Waals surface area contributed by atoms with Crippen molar-refractivity contribution in [2.45, 2.75) is 25.9 Å². The fraction of sp³-hybridized carbons (Fsp3) is 0.400. The predicted molar refractivity (Wildman–Crippen MR) is 48.0 cm³/mol. The third kappa shape index (κ3) is 1.77. The number of hydrogen-bond donors (Lipinski definition) is 2. The third-order valence-electron chi connectivity index (χ3n) is 2.16. The van der Waals surface area contributed by atoms with E-state index < -0.39 is 5.60 Å². The topological polar surface area (TPSA) is 40.5 Å². The molecule has 12 heavy (non-hydrogen) atoms. The molecule has 0 spiro atoms. The van der Waals surface area contributed by atoms with Gasteiger partial charge in [0.15, 0.2) is 0 Å². The van der Waals surface area contributed by atoms with Gasteiger partial charge in [0, 0.05) is 0 Å². The molecule has 0 heterocycles. The second kappa shape index (κ2) is 3.15. The minimum absolute atomic E-state index is 0.196. The molecule has 0 bridgehead atoms. The fourth-order valence-corrected chi connectivity index (χ4v) is 1.05. The van der Waals surface area contributed by atoms with Crippen molar-refractivity contribution < 1.29 is 10.2 Å². The van der Waals surface area contributed by atoms with E-state index in [4.69, 9.17) is 5.11 Å². The zero-order valence-electron chi connectivity index (χ0n) is 7.41. The monoisotopic (exact) mass is 166 g/mol. The largest absolute Gasteiger partial charge is 0.508 e. The Balaban J connectivity index is 3.03. The fourth-order valence-electron chi connectivity index (χ4n) is 1.05. The molecule has 1 aromatic rings. The van der Waals surface area contributed by atoms with Crippen LogP contribution in [0.4, 0.5) is 0 Å². The molecule has 2 heteroatoms. The number of aromatic hydroxyl groups is 1. The molecule has 0 amide bonds. The number of hydrogen-bond acceptors (Lipinski definition) is 2. The zero-order valence-corrected chi connectivity index (χ0v) is 7.41. The highest BCUT2D eigenvalue weighted by atomic mass is 16.3. The average Bonchev–Trinajstić information content (AvgIpc) is 2.05. The van der Waals surface area contributed by atoms with Crippen LogP contribution in [0.15, 0.2) is 24.3 Å². The summed E-state index contributed by atoms with van der Waals surface area (Å²) in [5.74, 6) is 0.196. The van der Waals surface area contributed by atoms with Gasteiger partial charge in [0.25, 0.3) is 0 Å². The Morgan fingerprint density at radius 1 is 1.42 bits per heavy atom. The highest BCUT2D eigenvalue weighted by Crippen LogP contribution is 2.26. The first-order valence-electron chi connectivity index (χ1n) is 4.08. The summed E-state index contributed by atoms with van der Waals surface area (Å²) >= 11 is 0. The van der Waals surface area contributed by atoms with Crippen molar-refractivity contribution in [2.75, 3.05) is 0 Å². The lowest BCUT2D eigenvalue weighted by Gasteiger charge is -2.21. The van der Waals surface area contributed by atoms with Gasteiger partial charge in [0.05, 0.1) is 5.60 Å². The third-order valence-corrected chi connectivity index (χ3v) is 2.16. The molecule has 0 saturated heterocycles. The maximum Gasteiger partial charge on any atom is 0.115 e. The molecule has 0 unspecified atom stereocenters. The first-order chi connectivity index (χ1) is 5.56. The van der Waals surface area contributed by atoms with Gasteiger partial charge in [-0.15, -0.1) is 0 Å². The standard InChI is InChI=1S/C10H14O2/c1-3-10(2,12)8-5-4-6-9(11)7-8/h4-7,11-12H,3H2,1-2H3/t10-/m0/s1. The van der Waals surface area contributed by atoms with Crippen molar-refractivity contribution in [1.82, 2.24) is 0 Å². The SMILES string of the molecule is CC[C@](C)(O)c1cccc(O)c1. The first kappa shape index (κ1) is 9.07. The van der Waals surface area contributed by atoms with Crippen LogP contribution in [-0.4, -0.2) is 10.2 Å². The number of phenols is 1. The van der Waals surface area contributed by atoms with E-state index in [0.717, 1.165) is 5.56 Å². The quantitative estimate of drug-likeness (QED) is 0.705. The van der Waals surface area contributed by atoms with Crippen molar-refractivity contribution in [3.63, 3.8) is 0 Å². The number of phenolic OH excluding ortho intramolecular Hbond substituents is 1. The van der Waals surface area contributed by atoms with Gasteiger partial charge in [0.2, 0.25) is 0 Å². The Kier molecular flexibility index (Phi) is 2.38. The molecule has 0 saturated carbocycles. The van der Waals surface area contributed by atoms with Crippen molar-refractivity contribution in [3.8, 4) is 5.75 Å². The van der Waals surface area contributed by atoms with E-state index in [1.54, 1.807) is 25.1 Å². The van der Waals surface area contributed by atoms with E-state index in [1.165, 1.54) is 0 Å². The summed E-state index contributed by atoms with van der Waals surface area (Å²) in [6, 6.07) is 6.72. The second-order valence-electron chi connectivity index (χ2n) is 3.18. The summed E-state index contributed by atoms with van der Waals surface area (Å²) in [7, 11) is 0. The summed E-state index contributed by atoms with van der Waals surface area (Å²) in [5.41, 5.74) is -0.0800. The molecule has 66 valence electrons. The van der Waals surface area contributed by atoms with Crippen molar-refractivity contribution in [3.05, 3.63) is 29.8 Å². The van der Waals surface area contributed by atoms with E-state index in [1.807, 2.05) is 13.0 Å². The molecule has 0 fully saturated rings. The summed E-state index contributed by atoms with van der Waals surface area (Å²) in [6.07, 6.45) is 0.635. The van der Waals surface area contributed by atoms with E-state index in [0.29, 0.717) is 6.42 Å². The number of benzene rings is 1. The van der Waals surface area contributed by atoms with Crippen LogP contribution < -0.4 is 0 Å². The van der Waals surface area contributed by atoms with Gasteiger partial charge < -0.3 is 10.2 Å². The van der Waals surface area contributed by atoms with Crippen LogP contribution in [0.5, 0.6) is 5.75 Å². The van der Waals surface area contributed by atoms with E-state index >= 15 is 0 Å². The second-order valence-corrected chi connectivity index (χ2v) is 3.18. The molecule has 2 N–H and O–H groups in total. The Labute approximate surface area is 72.5 Å². The van der Waals surface area contributed by atoms with Crippen molar-refractivity contribution in [1.29, 1.82) is 0 Å². The maximum atomic E-state index is 9.81. The molecule has 1 rings (SSSR count). The Bertz CT molecular complexity index is 266. The number of rotatable bonds is 2. The Morgan fingerprint density at radius 3 is 2.58 bits per heavy atom. The minimum atomic E-state index is -0.835. The molecule has 1 aromatic carbocycles. The summed E-state index contributed by atoms with van der Waals surface area (Å²) < 4.78 is 0. The Hall–Kier alpha value is -1.02. The van der Waals surface area contributed by atoms with Gasteiger partial charge in [-0.2, -0.15) is 0 Å². The van der Waals surface area contributed by atoms with Gasteiger partial charge in [-0.1, -0.05) is 19.1 Å². The maximum absolute atomic E-state index is 9.81. The highest BCUT2D eigenvalue weighted by molar-refractivity contribution is 5.30. The molecule has 2 nitrogen and oxygen atoms in total. The van der Waals surface area contributed by atoms with E-state index in [-0.39, 0.29) is 5.75 Å². The number of aliphatic hydroxyl groups is 1. The summed E-state index contributed by atoms with van der Waals surface area (Å²) in [6.45, 7) is 3.64. The smallest absolute Gasteiger partial charge is 0.115 e. The lowest BCUT2D eigenvalue weighted by molar-refractivity contribution is 0.0528. The zero-order chi connectivity index (χ0) is 9.19. The molecule has 0 aliphatic heterocycles. The lowest BCUT2D eigenvalue weighted by atomic mass is 9.93. The first-order valence-corrected chi connectivity index (χ1v) is 4.08. The van der Waals surface area contributed by atoms with Crippen molar-refractivity contribution in [2.24, 2.45) is 0 Å². The molecular formula is C10H14O2. The molecule has 0 radical (unpaired) electrons. The van der Waals surface area contributed by atoms with Crippen LogP contribution >= 0.6 is 0 Å². The Morgan fingerprint density at radius 2 is 2.08 bits per heavy atom. The van der Waals surface area contributed by atoms with Crippen molar-refractivity contribution >= 4 is 0 Å². The van der Waals surface area contributed by atoms with E-state index in [2.05, 4.69) is 0 Å². The normalized spacial score (nSPS) is 15.6. The van der Waals surface area contributed by atoms with Crippen LogP contribution in [0, 0.1) is 0 Å².